The predicted octanol–water partition coefficient (Wildman–Crippen LogP) is 2.72. The van der Waals surface area contributed by atoms with Gasteiger partial charge >= 0.3 is 0 Å². The second-order valence-corrected chi connectivity index (χ2v) is 4.05. The van der Waals surface area contributed by atoms with Crippen molar-refractivity contribution in [2.24, 2.45) is 5.84 Å². The fraction of sp³-hybridized carbons (Fsp3) is 0.250. The monoisotopic (exact) mass is 237 g/mol. The van der Waals surface area contributed by atoms with Crippen LogP contribution in [0.4, 0.5) is 14.5 Å². The number of anilines is 1. The van der Waals surface area contributed by atoms with Crippen LogP contribution in [0.1, 0.15) is 16.8 Å². The molecule has 0 aliphatic rings. The molecule has 0 radical (unpaired) electrons. The summed E-state index contributed by atoms with van der Waals surface area (Å²) in [6.07, 6.45) is 0. The second kappa shape index (κ2) is 3.92. The highest BCUT2D eigenvalue weighted by Gasteiger charge is 2.17. The van der Waals surface area contributed by atoms with Crippen LogP contribution in [0.2, 0.25) is 0 Å². The topological polar surface area (TPSA) is 50.9 Å². The minimum Gasteiger partial charge on any atom is -0.323 e. The van der Waals surface area contributed by atoms with Gasteiger partial charge in [0, 0.05) is 5.69 Å². The maximum absolute atomic E-state index is 14.0. The summed E-state index contributed by atoms with van der Waals surface area (Å²) in [5, 5.41) is 0.105. The normalized spacial score (nSPS) is 10.9. The minimum absolute atomic E-state index is 0.00384. The number of aromatic nitrogens is 1. The molecule has 1 heterocycles. The summed E-state index contributed by atoms with van der Waals surface area (Å²) in [7, 11) is 0. The third kappa shape index (κ3) is 1.63. The molecule has 17 heavy (non-hydrogen) atoms. The Morgan fingerprint density at radius 1 is 1.24 bits per heavy atom. The molecule has 0 bridgehead atoms. The van der Waals surface area contributed by atoms with E-state index in [-0.39, 0.29) is 16.5 Å². The third-order valence-corrected chi connectivity index (χ3v) is 2.96. The highest BCUT2D eigenvalue weighted by Crippen LogP contribution is 2.32. The number of hydrogen-bond donors (Lipinski definition) is 2. The fourth-order valence-corrected chi connectivity index (χ4v) is 1.88. The molecule has 0 saturated heterocycles. The number of pyridine rings is 1. The van der Waals surface area contributed by atoms with Crippen molar-refractivity contribution in [3.8, 4) is 0 Å². The average molecular weight is 237 g/mol. The molecule has 1 aromatic carbocycles. The standard InChI is InChI=1S/C12H13F2N3/c1-5-4-8(13)12-9(10(5)14)11(17-15)6(2)7(3)16-12/h4H,15H2,1-3H3,(H,16,17). The van der Waals surface area contributed by atoms with Crippen molar-refractivity contribution in [3.63, 3.8) is 0 Å². The van der Waals surface area contributed by atoms with Crippen LogP contribution in [-0.4, -0.2) is 4.98 Å². The van der Waals surface area contributed by atoms with Gasteiger partial charge in [-0.3, -0.25) is 5.84 Å². The van der Waals surface area contributed by atoms with Gasteiger partial charge in [-0.25, -0.2) is 13.8 Å². The smallest absolute Gasteiger partial charge is 0.149 e. The molecule has 1 aromatic heterocycles. The van der Waals surface area contributed by atoms with Crippen LogP contribution < -0.4 is 11.3 Å². The largest absolute Gasteiger partial charge is 0.323 e. The summed E-state index contributed by atoms with van der Waals surface area (Å²) in [4.78, 5) is 4.07. The third-order valence-electron chi connectivity index (χ3n) is 2.96. The van der Waals surface area contributed by atoms with E-state index in [0.717, 1.165) is 6.07 Å². The van der Waals surface area contributed by atoms with E-state index in [4.69, 9.17) is 5.84 Å². The Balaban J connectivity index is 3.06. The Morgan fingerprint density at radius 2 is 1.88 bits per heavy atom. The zero-order valence-corrected chi connectivity index (χ0v) is 9.86. The number of nitrogens with two attached hydrogens (primary N) is 1. The van der Waals surface area contributed by atoms with Crippen molar-refractivity contribution in [3.05, 3.63) is 34.5 Å². The van der Waals surface area contributed by atoms with E-state index in [2.05, 4.69) is 10.4 Å². The Morgan fingerprint density at radius 3 is 2.47 bits per heavy atom. The second-order valence-electron chi connectivity index (χ2n) is 4.05. The van der Waals surface area contributed by atoms with E-state index in [1.54, 1.807) is 13.8 Å². The first-order valence-electron chi connectivity index (χ1n) is 5.19. The number of hydrogen-bond acceptors (Lipinski definition) is 3. The Bertz CT molecular complexity index is 609. The van der Waals surface area contributed by atoms with Gasteiger partial charge in [0.05, 0.1) is 11.1 Å². The van der Waals surface area contributed by atoms with Crippen LogP contribution >= 0.6 is 0 Å². The molecule has 0 aliphatic heterocycles. The van der Waals surface area contributed by atoms with Crippen molar-refractivity contribution < 1.29 is 8.78 Å². The highest BCUT2D eigenvalue weighted by atomic mass is 19.1. The summed E-state index contributed by atoms with van der Waals surface area (Å²) >= 11 is 0. The zero-order valence-electron chi connectivity index (χ0n) is 9.86. The van der Waals surface area contributed by atoms with E-state index < -0.39 is 11.6 Å². The first-order chi connectivity index (χ1) is 7.97. The molecule has 3 nitrogen and oxygen atoms in total. The van der Waals surface area contributed by atoms with Crippen molar-refractivity contribution in [2.75, 3.05) is 5.43 Å². The molecule has 0 fully saturated rings. The van der Waals surface area contributed by atoms with Gasteiger partial charge in [0.2, 0.25) is 0 Å². The number of fused-ring (bicyclic) bond motifs is 1. The zero-order chi connectivity index (χ0) is 12.7. The van der Waals surface area contributed by atoms with Gasteiger partial charge in [0.25, 0.3) is 0 Å². The lowest BCUT2D eigenvalue weighted by Crippen LogP contribution is -2.11. The van der Waals surface area contributed by atoms with E-state index in [0.29, 0.717) is 16.9 Å². The van der Waals surface area contributed by atoms with Gasteiger partial charge in [-0.2, -0.15) is 0 Å². The molecular weight excluding hydrogens is 224 g/mol. The summed E-state index contributed by atoms with van der Waals surface area (Å²) in [5.74, 6) is 4.35. The van der Waals surface area contributed by atoms with Crippen molar-refractivity contribution in [1.82, 2.24) is 4.98 Å². The number of benzene rings is 1. The molecule has 5 heteroatoms. The van der Waals surface area contributed by atoms with Crippen molar-refractivity contribution >= 4 is 16.6 Å². The minimum atomic E-state index is -0.543. The number of nitrogen functional groups attached to an aromatic ring is 1. The van der Waals surface area contributed by atoms with Crippen molar-refractivity contribution in [1.29, 1.82) is 0 Å². The summed E-state index contributed by atoms with van der Waals surface area (Å²) < 4.78 is 27.8. The highest BCUT2D eigenvalue weighted by molar-refractivity contribution is 5.94. The van der Waals surface area contributed by atoms with Gasteiger partial charge in [0.15, 0.2) is 0 Å². The van der Waals surface area contributed by atoms with Crippen molar-refractivity contribution in [2.45, 2.75) is 20.8 Å². The SMILES string of the molecule is Cc1cc(F)c2nc(C)c(C)c(NN)c2c1F. The summed E-state index contributed by atoms with van der Waals surface area (Å²) in [6.45, 7) is 5.00. The van der Waals surface area contributed by atoms with Crippen LogP contribution in [0.5, 0.6) is 0 Å². The number of halogens is 2. The maximum atomic E-state index is 14.0. The van der Waals surface area contributed by atoms with Gasteiger partial charge < -0.3 is 5.43 Å². The molecule has 0 unspecified atom stereocenters. The molecule has 0 atom stereocenters. The number of nitrogens with zero attached hydrogens (tertiary/aromatic N) is 1. The van der Waals surface area contributed by atoms with Gasteiger partial charge in [-0.15, -0.1) is 0 Å². The molecule has 0 aliphatic carbocycles. The van der Waals surface area contributed by atoms with E-state index in [9.17, 15) is 8.78 Å². The Labute approximate surface area is 97.6 Å². The number of hydrazine groups is 1. The lowest BCUT2D eigenvalue weighted by atomic mass is 10.0. The molecule has 3 N–H and O–H groups in total. The quantitative estimate of drug-likeness (QED) is 0.592. The average Bonchev–Trinajstić information content (AvgIpc) is 2.28. The molecule has 0 saturated carbocycles. The Hall–Kier alpha value is -1.75. The molecule has 0 spiro atoms. The van der Waals surface area contributed by atoms with Gasteiger partial charge in [-0.1, -0.05) is 0 Å². The summed E-state index contributed by atoms with van der Waals surface area (Å²) in [5.41, 5.74) is 4.38. The lowest BCUT2D eigenvalue weighted by molar-refractivity contribution is 0.607. The van der Waals surface area contributed by atoms with Crippen LogP contribution in [-0.2, 0) is 0 Å². The maximum Gasteiger partial charge on any atom is 0.149 e. The van der Waals surface area contributed by atoms with E-state index in [1.807, 2.05) is 0 Å². The van der Waals surface area contributed by atoms with E-state index >= 15 is 0 Å². The molecular formula is C12H13F2N3. The van der Waals surface area contributed by atoms with Crippen LogP contribution in [0.3, 0.4) is 0 Å². The molecule has 90 valence electrons. The molecule has 2 aromatic rings. The number of rotatable bonds is 1. The van der Waals surface area contributed by atoms with Crippen LogP contribution in [0.15, 0.2) is 6.07 Å². The number of nitrogens with one attached hydrogen (secondary N) is 1. The van der Waals surface area contributed by atoms with E-state index in [1.165, 1.54) is 6.92 Å². The number of aryl methyl sites for hydroxylation is 2. The first kappa shape index (κ1) is 11.7. The van der Waals surface area contributed by atoms with Crippen LogP contribution in [0, 0.1) is 32.4 Å². The molecule has 0 amide bonds. The van der Waals surface area contributed by atoms with Crippen LogP contribution in [0.25, 0.3) is 10.9 Å². The van der Waals surface area contributed by atoms with Gasteiger partial charge in [0.1, 0.15) is 17.2 Å². The first-order valence-corrected chi connectivity index (χ1v) is 5.19. The fourth-order valence-electron chi connectivity index (χ4n) is 1.88. The lowest BCUT2D eigenvalue weighted by Gasteiger charge is -2.13. The Kier molecular flexibility index (Phi) is 2.71. The van der Waals surface area contributed by atoms with Gasteiger partial charge in [-0.05, 0) is 38.0 Å². The summed E-state index contributed by atoms with van der Waals surface area (Å²) in [6, 6.07) is 1.14. The predicted molar refractivity (Wildman–Crippen MR) is 63.7 cm³/mol. The molecule has 2 rings (SSSR count).